The van der Waals surface area contributed by atoms with Gasteiger partial charge in [0.1, 0.15) is 0 Å². The van der Waals surface area contributed by atoms with Crippen LogP contribution >= 0.6 is 0 Å². The second-order valence-electron chi connectivity index (χ2n) is 3.42. The number of hydroxylamine groups is 1. The molecule has 1 aromatic rings. The van der Waals surface area contributed by atoms with Gasteiger partial charge in [0.15, 0.2) is 0 Å². The molecular formula is C10H13N3O. The van der Waals surface area contributed by atoms with E-state index in [9.17, 15) is 0 Å². The maximum Gasteiger partial charge on any atom is 0.218 e. The number of hydrogen-bond donors (Lipinski definition) is 3. The molecule has 0 aromatic heterocycles. The first-order valence-electron chi connectivity index (χ1n) is 4.65. The van der Waals surface area contributed by atoms with Crippen molar-refractivity contribution in [3.05, 3.63) is 29.3 Å². The lowest BCUT2D eigenvalue weighted by Crippen LogP contribution is -2.27. The van der Waals surface area contributed by atoms with Gasteiger partial charge in [0.2, 0.25) is 5.96 Å². The molecule has 14 heavy (non-hydrogen) atoms. The molecule has 0 atom stereocenters. The second-order valence-corrected chi connectivity index (χ2v) is 3.42. The van der Waals surface area contributed by atoms with E-state index in [1.54, 1.807) is 0 Å². The van der Waals surface area contributed by atoms with E-state index in [-0.39, 0.29) is 5.96 Å². The Hall–Kier alpha value is -1.55. The largest absolute Gasteiger partial charge is 0.368 e. The molecule has 4 N–H and O–H groups in total. The van der Waals surface area contributed by atoms with Crippen LogP contribution in [0, 0.1) is 0 Å². The summed E-state index contributed by atoms with van der Waals surface area (Å²) in [6, 6.07) is 6.01. The molecule has 2 rings (SSSR count). The Kier molecular flexibility index (Phi) is 2.37. The van der Waals surface area contributed by atoms with Crippen LogP contribution in [0.3, 0.4) is 0 Å². The minimum Gasteiger partial charge on any atom is -0.368 e. The second kappa shape index (κ2) is 3.67. The number of aryl methyl sites for hydroxylation is 2. The molecule has 0 spiro atoms. The summed E-state index contributed by atoms with van der Waals surface area (Å²) >= 11 is 0. The maximum absolute atomic E-state index is 8.48. The van der Waals surface area contributed by atoms with Crippen LogP contribution in [0.5, 0.6) is 0 Å². The molecule has 4 heteroatoms. The number of rotatable bonds is 1. The van der Waals surface area contributed by atoms with Crippen LogP contribution in [0.2, 0.25) is 0 Å². The summed E-state index contributed by atoms with van der Waals surface area (Å²) in [6.45, 7) is 0. The standard InChI is InChI=1S/C10H13N3O/c11-10(13-14)12-9-5-4-7-2-1-3-8(7)6-9/h4-6,14H,1-3H2,(H3,11,12,13). The first-order chi connectivity index (χ1) is 6.79. The van der Waals surface area contributed by atoms with Crippen molar-refractivity contribution in [1.82, 2.24) is 5.48 Å². The molecule has 1 aliphatic rings. The van der Waals surface area contributed by atoms with Crippen LogP contribution < -0.4 is 11.2 Å². The number of hydrogen-bond acceptors (Lipinski definition) is 2. The molecule has 74 valence electrons. The zero-order valence-electron chi connectivity index (χ0n) is 7.83. The number of nitrogens with zero attached hydrogens (tertiary/aromatic N) is 1. The van der Waals surface area contributed by atoms with Crippen molar-refractivity contribution >= 4 is 11.6 Å². The summed E-state index contributed by atoms with van der Waals surface area (Å²) in [5, 5.41) is 8.48. The van der Waals surface area contributed by atoms with E-state index in [0.29, 0.717) is 0 Å². The van der Waals surface area contributed by atoms with Gasteiger partial charge in [-0.1, -0.05) is 6.07 Å². The average Bonchev–Trinajstić information content (AvgIpc) is 2.64. The topological polar surface area (TPSA) is 70.6 Å². The molecule has 0 fully saturated rings. The van der Waals surface area contributed by atoms with Gasteiger partial charge in [0, 0.05) is 0 Å². The van der Waals surface area contributed by atoms with Crippen LogP contribution in [-0.4, -0.2) is 11.2 Å². The molecule has 0 bridgehead atoms. The SMILES string of the molecule is NC(=Nc1ccc2c(c1)CCC2)NO. The van der Waals surface area contributed by atoms with Crippen molar-refractivity contribution in [1.29, 1.82) is 0 Å². The third kappa shape index (κ3) is 1.70. The van der Waals surface area contributed by atoms with Crippen molar-refractivity contribution in [3.8, 4) is 0 Å². The van der Waals surface area contributed by atoms with Crippen molar-refractivity contribution in [2.45, 2.75) is 19.3 Å². The lowest BCUT2D eigenvalue weighted by atomic mass is 10.1. The number of nitrogens with one attached hydrogen (secondary N) is 1. The van der Waals surface area contributed by atoms with Crippen LogP contribution in [0.25, 0.3) is 0 Å². The van der Waals surface area contributed by atoms with Crippen molar-refractivity contribution in [3.63, 3.8) is 0 Å². The molecule has 1 aromatic carbocycles. The predicted molar refractivity (Wildman–Crippen MR) is 54.7 cm³/mol. The summed E-state index contributed by atoms with van der Waals surface area (Å²) in [5.74, 6) is 0.0166. The molecule has 0 saturated heterocycles. The van der Waals surface area contributed by atoms with Crippen LogP contribution in [0.15, 0.2) is 23.2 Å². The Morgan fingerprint density at radius 3 is 2.93 bits per heavy atom. The van der Waals surface area contributed by atoms with Gasteiger partial charge in [-0.3, -0.25) is 5.21 Å². The Balaban J connectivity index is 2.29. The Morgan fingerprint density at radius 1 is 1.36 bits per heavy atom. The molecule has 0 radical (unpaired) electrons. The van der Waals surface area contributed by atoms with Gasteiger partial charge >= 0.3 is 0 Å². The van der Waals surface area contributed by atoms with Gasteiger partial charge in [0.25, 0.3) is 0 Å². The van der Waals surface area contributed by atoms with E-state index in [2.05, 4.69) is 11.1 Å². The number of fused-ring (bicyclic) bond motifs is 1. The highest BCUT2D eigenvalue weighted by atomic mass is 16.5. The normalized spacial score (nSPS) is 15.4. The van der Waals surface area contributed by atoms with E-state index < -0.39 is 0 Å². The number of aliphatic imine (C=N–C) groups is 1. The van der Waals surface area contributed by atoms with Crippen molar-refractivity contribution in [2.24, 2.45) is 10.7 Å². The number of guanidine groups is 1. The number of nitrogens with two attached hydrogens (primary N) is 1. The Bertz CT molecular complexity index is 374. The van der Waals surface area contributed by atoms with E-state index in [1.807, 2.05) is 17.6 Å². The van der Waals surface area contributed by atoms with E-state index in [1.165, 1.54) is 17.5 Å². The molecule has 0 aliphatic heterocycles. The van der Waals surface area contributed by atoms with Gasteiger partial charge < -0.3 is 5.73 Å². The lowest BCUT2D eigenvalue weighted by molar-refractivity contribution is 0.233. The fraction of sp³-hybridized carbons (Fsp3) is 0.300. The molecule has 1 aliphatic carbocycles. The van der Waals surface area contributed by atoms with Gasteiger partial charge in [-0.15, -0.1) is 0 Å². The third-order valence-electron chi connectivity index (χ3n) is 2.45. The molecule has 4 nitrogen and oxygen atoms in total. The van der Waals surface area contributed by atoms with Gasteiger partial charge in [-0.2, -0.15) is 0 Å². The van der Waals surface area contributed by atoms with Gasteiger partial charge in [-0.05, 0) is 42.5 Å². The summed E-state index contributed by atoms with van der Waals surface area (Å²) in [6.07, 6.45) is 3.49. The molecule has 0 amide bonds. The van der Waals surface area contributed by atoms with E-state index in [0.717, 1.165) is 18.5 Å². The summed E-state index contributed by atoms with van der Waals surface area (Å²) < 4.78 is 0. The molecule has 0 unspecified atom stereocenters. The van der Waals surface area contributed by atoms with E-state index >= 15 is 0 Å². The van der Waals surface area contributed by atoms with Crippen molar-refractivity contribution < 1.29 is 5.21 Å². The monoisotopic (exact) mass is 191 g/mol. The Labute approximate surface area is 82.4 Å². The van der Waals surface area contributed by atoms with Crippen LogP contribution in [-0.2, 0) is 12.8 Å². The average molecular weight is 191 g/mol. The molecule has 0 saturated carbocycles. The summed E-state index contributed by atoms with van der Waals surface area (Å²) in [4.78, 5) is 3.99. The Morgan fingerprint density at radius 2 is 2.14 bits per heavy atom. The third-order valence-corrected chi connectivity index (χ3v) is 2.45. The first-order valence-corrected chi connectivity index (χ1v) is 4.65. The number of benzene rings is 1. The highest BCUT2D eigenvalue weighted by molar-refractivity contribution is 5.79. The minimum absolute atomic E-state index is 0.0166. The van der Waals surface area contributed by atoms with Crippen LogP contribution in [0.4, 0.5) is 5.69 Å². The maximum atomic E-state index is 8.48. The van der Waals surface area contributed by atoms with Crippen molar-refractivity contribution in [2.75, 3.05) is 0 Å². The highest BCUT2D eigenvalue weighted by Gasteiger charge is 2.10. The zero-order chi connectivity index (χ0) is 9.97. The fourth-order valence-electron chi connectivity index (χ4n) is 1.79. The highest BCUT2D eigenvalue weighted by Crippen LogP contribution is 2.25. The quantitative estimate of drug-likeness (QED) is 0.353. The smallest absolute Gasteiger partial charge is 0.218 e. The summed E-state index contributed by atoms with van der Waals surface area (Å²) in [7, 11) is 0. The lowest BCUT2D eigenvalue weighted by Gasteiger charge is -2.01. The predicted octanol–water partition coefficient (Wildman–Crippen LogP) is 1.10. The zero-order valence-corrected chi connectivity index (χ0v) is 7.83. The first kappa shape index (κ1) is 9.02. The fourth-order valence-corrected chi connectivity index (χ4v) is 1.79. The van der Waals surface area contributed by atoms with Gasteiger partial charge in [-0.25, -0.2) is 10.5 Å². The summed E-state index contributed by atoms with van der Waals surface area (Å²) in [5.41, 5.74) is 10.7. The van der Waals surface area contributed by atoms with Gasteiger partial charge in [0.05, 0.1) is 5.69 Å². The molecular weight excluding hydrogens is 178 g/mol. The van der Waals surface area contributed by atoms with Crippen LogP contribution in [0.1, 0.15) is 17.5 Å². The minimum atomic E-state index is 0.0166. The molecule has 0 heterocycles. The van der Waals surface area contributed by atoms with E-state index in [4.69, 9.17) is 10.9 Å².